The van der Waals surface area contributed by atoms with Crippen LogP contribution >= 0.6 is 11.6 Å². The number of hydrogen-bond acceptors (Lipinski definition) is 7. The van der Waals surface area contributed by atoms with Crippen LogP contribution in [0, 0.1) is 23.6 Å². The fourth-order valence-corrected chi connectivity index (χ4v) is 5.29. The molecule has 5 rings (SSSR count). The van der Waals surface area contributed by atoms with Crippen molar-refractivity contribution in [3.05, 3.63) is 29.4 Å². The van der Waals surface area contributed by atoms with Crippen molar-refractivity contribution in [3.8, 4) is 11.4 Å². The fraction of sp³-hybridized carbons (Fsp3) is 0.583. The zero-order valence-corrected chi connectivity index (χ0v) is 20.6. The van der Waals surface area contributed by atoms with E-state index in [1.54, 1.807) is 39.8 Å². The van der Waals surface area contributed by atoms with Crippen LogP contribution in [0.1, 0.15) is 53.4 Å². The minimum absolute atomic E-state index is 0.0983. The number of hydrogen-bond donors (Lipinski definition) is 1. The summed E-state index contributed by atoms with van der Waals surface area (Å²) in [7, 11) is 0. The third-order valence-electron chi connectivity index (χ3n) is 6.49. The molecule has 34 heavy (non-hydrogen) atoms. The van der Waals surface area contributed by atoms with Gasteiger partial charge in [0.15, 0.2) is 11.6 Å². The Labute approximate surface area is 203 Å². The lowest BCUT2D eigenvalue weighted by molar-refractivity contribution is -0.154. The number of nitrogens with one attached hydrogen (secondary N) is 1. The maximum absolute atomic E-state index is 15.7. The van der Waals surface area contributed by atoms with E-state index in [1.807, 2.05) is 0 Å². The van der Waals surface area contributed by atoms with E-state index in [4.69, 9.17) is 21.1 Å². The lowest BCUT2D eigenvalue weighted by atomic mass is 9.61. The van der Waals surface area contributed by atoms with Crippen LogP contribution < -0.4 is 5.32 Å². The van der Waals surface area contributed by atoms with E-state index >= 15 is 4.39 Å². The van der Waals surface area contributed by atoms with Gasteiger partial charge in [-0.05, 0) is 88.9 Å². The van der Waals surface area contributed by atoms with Crippen LogP contribution in [0.3, 0.4) is 0 Å². The first-order chi connectivity index (χ1) is 16.1. The summed E-state index contributed by atoms with van der Waals surface area (Å²) in [5.74, 6) is -1.12. The zero-order valence-electron chi connectivity index (χ0n) is 19.8. The van der Waals surface area contributed by atoms with Crippen LogP contribution in [0.2, 0.25) is 5.28 Å². The smallest absolute Gasteiger partial charge is 0.419 e. The quantitative estimate of drug-likeness (QED) is 0.447. The summed E-state index contributed by atoms with van der Waals surface area (Å²) in [6.45, 7) is 7.30. The Bertz CT molecular complexity index is 1080. The van der Waals surface area contributed by atoms with E-state index in [0.29, 0.717) is 6.61 Å². The molecular formula is C24H30ClFN4O4. The van der Waals surface area contributed by atoms with Crippen molar-refractivity contribution in [2.75, 3.05) is 11.9 Å². The third kappa shape index (κ3) is 4.89. The van der Waals surface area contributed by atoms with E-state index in [-0.39, 0.29) is 52.3 Å². The summed E-state index contributed by atoms with van der Waals surface area (Å²) in [5, 5.41) is 2.99. The molecule has 2 heterocycles. The molecule has 2 aromatic heterocycles. The lowest BCUT2D eigenvalue weighted by Crippen LogP contribution is -2.52. The predicted octanol–water partition coefficient (Wildman–Crippen LogP) is 5.30. The molecule has 2 atom stereocenters. The summed E-state index contributed by atoms with van der Waals surface area (Å²) in [6.07, 6.45) is 4.62. The van der Waals surface area contributed by atoms with Gasteiger partial charge in [0.05, 0.1) is 18.2 Å². The molecule has 0 saturated heterocycles. The minimum Gasteiger partial charge on any atom is -0.466 e. The van der Waals surface area contributed by atoms with Crippen LogP contribution in [-0.2, 0) is 14.3 Å². The average Bonchev–Trinajstić information content (AvgIpc) is 3.25. The monoisotopic (exact) mass is 492 g/mol. The number of anilines is 1. The predicted molar refractivity (Wildman–Crippen MR) is 125 cm³/mol. The van der Waals surface area contributed by atoms with Gasteiger partial charge in [0.1, 0.15) is 11.3 Å². The molecule has 0 aliphatic heterocycles. The summed E-state index contributed by atoms with van der Waals surface area (Å²) < 4.78 is 27.7. The van der Waals surface area contributed by atoms with Crippen molar-refractivity contribution in [1.82, 2.24) is 14.5 Å². The Morgan fingerprint density at radius 1 is 1.21 bits per heavy atom. The molecule has 0 amide bonds. The maximum Gasteiger partial charge on any atom is 0.419 e. The minimum atomic E-state index is -0.753. The third-order valence-corrected chi connectivity index (χ3v) is 6.66. The zero-order chi connectivity index (χ0) is 24.6. The van der Waals surface area contributed by atoms with Gasteiger partial charge in [-0.15, -0.1) is 0 Å². The fourth-order valence-electron chi connectivity index (χ4n) is 5.12. The highest BCUT2D eigenvalue weighted by Crippen LogP contribution is 2.47. The second-order valence-corrected chi connectivity index (χ2v) is 10.2. The highest BCUT2D eigenvalue weighted by molar-refractivity contribution is 6.28. The number of carbonyl (C=O) groups excluding carboxylic acids is 2. The highest BCUT2D eigenvalue weighted by Gasteiger charge is 2.48. The number of halogens is 2. The van der Waals surface area contributed by atoms with Crippen LogP contribution in [0.25, 0.3) is 11.4 Å². The number of esters is 1. The Morgan fingerprint density at radius 3 is 2.53 bits per heavy atom. The number of fused-ring (bicyclic) bond motifs is 3. The van der Waals surface area contributed by atoms with E-state index in [1.165, 1.54) is 10.8 Å². The average molecular weight is 493 g/mol. The first-order valence-electron chi connectivity index (χ1n) is 11.7. The maximum atomic E-state index is 15.7. The molecule has 8 nitrogen and oxygen atoms in total. The molecule has 0 unspecified atom stereocenters. The molecule has 0 radical (unpaired) electrons. The van der Waals surface area contributed by atoms with Crippen LogP contribution in [-0.4, -0.2) is 44.8 Å². The van der Waals surface area contributed by atoms with Crippen LogP contribution in [0.4, 0.5) is 15.0 Å². The molecule has 3 fully saturated rings. The van der Waals surface area contributed by atoms with Gasteiger partial charge in [-0.3, -0.25) is 9.36 Å². The van der Waals surface area contributed by atoms with Crippen molar-refractivity contribution in [1.29, 1.82) is 0 Å². The largest absolute Gasteiger partial charge is 0.466 e. The molecular weight excluding hydrogens is 463 g/mol. The van der Waals surface area contributed by atoms with Gasteiger partial charge in [-0.1, -0.05) is 0 Å². The second kappa shape index (κ2) is 9.52. The van der Waals surface area contributed by atoms with E-state index in [2.05, 4.69) is 15.3 Å². The topological polar surface area (TPSA) is 95.3 Å². The Balaban J connectivity index is 1.68. The number of nitrogens with zero attached hydrogens (tertiary/aromatic N) is 3. The van der Waals surface area contributed by atoms with E-state index < -0.39 is 17.5 Å². The summed E-state index contributed by atoms with van der Waals surface area (Å²) in [4.78, 5) is 33.6. The SMILES string of the molecule is CCOC(=O)[C@@H]1C2CCC(CC2)[C@H]1Nc1nc(Cl)nc(-c2cccn2C(=O)OC(C)(C)C)c1F. The number of aromatic nitrogens is 3. The van der Waals surface area contributed by atoms with Crippen molar-refractivity contribution >= 4 is 29.5 Å². The molecule has 184 valence electrons. The number of carbonyl (C=O) groups is 2. The van der Waals surface area contributed by atoms with Crippen molar-refractivity contribution in [2.45, 2.75) is 65.0 Å². The molecule has 0 spiro atoms. The molecule has 2 aromatic rings. The van der Waals surface area contributed by atoms with Crippen LogP contribution in [0.15, 0.2) is 18.3 Å². The first-order valence-corrected chi connectivity index (χ1v) is 12.0. The standard InChI is InChI=1S/C24H30ClFN4O4/c1-5-33-21(31)16-13-8-10-14(11-9-13)18(16)27-20-17(26)19(28-22(25)29-20)15-7-6-12-30(15)23(32)34-24(2,3)4/h6-7,12-14,16,18H,5,8-11H2,1-4H3,(H,27,28,29)/t13?,14?,16-,18-/m1/s1. The number of ether oxygens (including phenoxy) is 2. The first kappa shape index (κ1) is 24.4. The van der Waals surface area contributed by atoms with Crippen molar-refractivity contribution in [2.24, 2.45) is 17.8 Å². The van der Waals surface area contributed by atoms with Gasteiger partial charge >= 0.3 is 12.1 Å². The highest BCUT2D eigenvalue weighted by atomic mass is 35.5. The van der Waals surface area contributed by atoms with Gasteiger partial charge in [0.25, 0.3) is 0 Å². The Hall–Kier alpha value is -2.68. The van der Waals surface area contributed by atoms with Gasteiger partial charge in [0.2, 0.25) is 5.28 Å². The summed E-state index contributed by atoms with van der Waals surface area (Å²) in [6, 6.07) is 2.83. The van der Waals surface area contributed by atoms with Gasteiger partial charge < -0.3 is 14.8 Å². The van der Waals surface area contributed by atoms with Crippen LogP contribution in [0.5, 0.6) is 0 Å². The van der Waals surface area contributed by atoms with Crippen molar-refractivity contribution < 1.29 is 23.5 Å². The molecule has 2 bridgehead atoms. The second-order valence-electron chi connectivity index (χ2n) is 9.87. The van der Waals surface area contributed by atoms with Crippen molar-refractivity contribution in [3.63, 3.8) is 0 Å². The molecule has 3 aliphatic carbocycles. The van der Waals surface area contributed by atoms with E-state index in [9.17, 15) is 9.59 Å². The van der Waals surface area contributed by atoms with Gasteiger partial charge in [-0.25, -0.2) is 14.2 Å². The van der Waals surface area contributed by atoms with E-state index in [0.717, 1.165) is 25.7 Å². The Kier molecular flexibility index (Phi) is 6.85. The molecule has 0 aromatic carbocycles. The molecule has 3 aliphatic rings. The molecule has 10 heteroatoms. The normalized spacial score (nSPS) is 24.1. The summed E-state index contributed by atoms with van der Waals surface area (Å²) >= 11 is 6.18. The molecule has 3 saturated carbocycles. The van der Waals surface area contributed by atoms with Gasteiger partial charge in [-0.2, -0.15) is 4.98 Å². The summed E-state index contributed by atoms with van der Waals surface area (Å²) in [5.41, 5.74) is -0.673. The Morgan fingerprint density at radius 2 is 1.88 bits per heavy atom. The van der Waals surface area contributed by atoms with Gasteiger partial charge in [0, 0.05) is 12.2 Å². The lowest BCUT2D eigenvalue weighted by Gasteiger charge is -2.47. The molecule has 1 N–H and O–H groups in total. The number of rotatable bonds is 5.